The molecule has 0 aromatic heterocycles. The number of ether oxygens (including phenoxy) is 2. The van der Waals surface area contributed by atoms with Crippen LogP contribution in [0.25, 0.3) is 0 Å². The van der Waals surface area contributed by atoms with E-state index in [-0.39, 0.29) is 0 Å². The van der Waals surface area contributed by atoms with E-state index in [0.29, 0.717) is 6.04 Å². The van der Waals surface area contributed by atoms with E-state index >= 15 is 0 Å². The van der Waals surface area contributed by atoms with Gasteiger partial charge < -0.3 is 14.8 Å². The maximum absolute atomic E-state index is 5.82. The van der Waals surface area contributed by atoms with Gasteiger partial charge in [0.15, 0.2) is 0 Å². The van der Waals surface area contributed by atoms with Crippen molar-refractivity contribution in [2.45, 2.75) is 25.4 Å². The molecule has 0 fully saturated rings. The van der Waals surface area contributed by atoms with Gasteiger partial charge in [0.25, 0.3) is 0 Å². The van der Waals surface area contributed by atoms with Crippen LogP contribution in [0, 0.1) is 0 Å². The molecule has 3 nitrogen and oxygen atoms in total. The van der Waals surface area contributed by atoms with Crippen molar-refractivity contribution in [1.82, 2.24) is 5.32 Å². The maximum atomic E-state index is 5.82. The van der Waals surface area contributed by atoms with Gasteiger partial charge in [0.05, 0.1) is 6.61 Å². The molecule has 0 saturated heterocycles. The Labute approximate surface area is 124 Å². The molecule has 1 atom stereocenters. The zero-order valence-corrected chi connectivity index (χ0v) is 12.0. The first-order chi connectivity index (χ1) is 10.4. The molecule has 0 bridgehead atoms. The van der Waals surface area contributed by atoms with Gasteiger partial charge in [-0.1, -0.05) is 30.3 Å². The molecular weight excluding hydrogens is 262 g/mol. The van der Waals surface area contributed by atoms with E-state index in [1.807, 2.05) is 12.1 Å². The zero-order valence-electron chi connectivity index (χ0n) is 12.0. The van der Waals surface area contributed by atoms with Gasteiger partial charge in [0.2, 0.25) is 0 Å². The first-order valence-corrected chi connectivity index (χ1v) is 7.57. The molecule has 1 unspecified atom stereocenters. The van der Waals surface area contributed by atoms with Crippen molar-refractivity contribution < 1.29 is 9.47 Å². The van der Waals surface area contributed by atoms with E-state index in [4.69, 9.17) is 9.47 Å². The second-order valence-electron chi connectivity index (χ2n) is 5.74. The summed E-state index contributed by atoms with van der Waals surface area (Å²) >= 11 is 0. The molecule has 0 saturated carbocycles. The monoisotopic (exact) mass is 281 g/mol. The molecule has 2 aromatic carbocycles. The van der Waals surface area contributed by atoms with E-state index in [2.05, 4.69) is 35.6 Å². The number of fused-ring (bicyclic) bond motifs is 2. The highest BCUT2D eigenvalue weighted by Crippen LogP contribution is 2.26. The number of rotatable bonds is 3. The topological polar surface area (TPSA) is 30.5 Å². The Balaban J connectivity index is 1.39. The van der Waals surface area contributed by atoms with Crippen LogP contribution in [0.15, 0.2) is 42.5 Å². The lowest BCUT2D eigenvalue weighted by molar-refractivity contribution is 0.238. The molecular formula is C18H19NO2. The first kappa shape index (κ1) is 12.7. The van der Waals surface area contributed by atoms with Gasteiger partial charge in [0, 0.05) is 19.0 Å². The summed E-state index contributed by atoms with van der Waals surface area (Å²) in [5, 5.41) is 3.60. The van der Waals surface area contributed by atoms with E-state index in [1.54, 1.807) is 0 Å². The van der Waals surface area contributed by atoms with Crippen LogP contribution >= 0.6 is 0 Å². The van der Waals surface area contributed by atoms with E-state index < -0.39 is 0 Å². The molecule has 0 aliphatic carbocycles. The Morgan fingerprint density at radius 1 is 1.00 bits per heavy atom. The van der Waals surface area contributed by atoms with Crippen LogP contribution in [0.3, 0.4) is 0 Å². The fourth-order valence-electron chi connectivity index (χ4n) is 3.07. The lowest BCUT2D eigenvalue weighted by atomic mass is 10.0. The molecule has 0 spiro atoms. The number of nitrogens with one attached hydrogen (secondary N) is 1. The minimum absolute atomic E-state index is 0.379. The molecule has 0 amide bonds. The quantitative estimate of drug-likeness (QED) is 0.938. The fraction of sp³-hybridized carbons (Fsp3) is 0.333. The minimum Gasteiger partial charge on any atom is -0.493 e. The Morgan fingerprint density at radius 2 is 1.90 bits per heavy atom. The van der Waals surface area contributed by atoms with Crippen molar-refractivity contribution in [1.29, 1.82) is 0 Å². The highest BCUT2D eigenvalue weighted by molar-refractivity contribution is 5.40. The normalized spacial score (nSPS) is 19.3. The number of benzene rings is 2. The summed E-state index contributed by atoms with van der Waals surface area (Å²) in [7, 11) is 0. The van der Waals surface area contributed by atoms with Crippen molar-refractivity contribution >= 4 is 0 Å². The third kappa shape index (κ3) is 2.61. The fourth-order valence-corrected chi connectivity index (χ4v) is 3.07. The molecule has 2 aromatic rings. The third-order valence-corrected chi connectivity index (χ3v) is 4.23. The number of hydrogen-bond donors (Lipinski definition) is 1. The molecule has 2 aliphatic rings. The third-order valence-electron chi connectivity index (χ3n) is 4.23. The van der Waals surface area contributed by atoms with Crippen LogP contribution in [0.4, 0.5) is 0 Å². The standard InChI is InChI=1S/C18H19NO2/c1-2-4-17-14(3-1)10-16(12-21-17)19-11-13-5-6-18-15(9-13)7-8-20-18/h1-6,9,16,19H,7-8,10-12H2. The largest absolute Gasteiger partial charge is 0.493 e. The molecule has 0 radical (unpaired) electrons. The summed E-state index contributed by atoms with van der Waals surface area (Å²) in [6.45, 7) is 2.44. The van der Waals surface area contributed by atoms with Crippen LogP contribution in [-0.2, 0) is 19.4 Å². The molecule has 108 valence electrons. The average molecular weight is 281 g/mol. The Bertz CT molecular complexity index is 653. The second-order valence-corrected chi connectivity index (χ2v) is 5.74. The highest BCUT2D eigenvalue weighted by atomic mass is 16.5. The Hall–Kier alpha value is -2.00. The van der Waals surface area contributed by atoms with Crippen molar-refractivity contribution in [3.8, 4) is 11.5 Å². The summed E-state index contributed by atoms with van der Waals surface area (Å²) in [4.78, 5) is 0. The summed E-state index contributed by atoms with van der Waals surface area (Å²) in [5.41, 5.74) is 3.95. The Morgan fingerprint density at radius 3 is 2.90 bits per heavy atom. The smallest absolute Gasteiger partial charge is 0.122 e. The van der Waals surface area contributed by atoms with Gasteiger partial charge in [-0.25, -0.2) is 0 Å². The molecule has 21 heavy (non-hydrogen) atoms. The highest BCUT2D eigenvalue weighted by Gasteiger charge is 2.19. The van der Waals surface area contributed by atoms with Crippen molar-refractivity contribution in [3.63, 3.8) is 0 Å². The first-order valence-electron chi connectivity index (χ1n) is 7.57. The van der Waals surface area contributed by atoms with Crippen molar-refractivity contribution in [3.05, 3.63) is 59.2 Å². The van der Waals surface area contributed by atoms with Crippen LogP contribution in [0.5, 0.6) is 11.5 Å². The number of para-hydroxylation sites is 1. The van der Waals surface area contributed by atoms with E-state index in [0.717, 1.165) is 44.1 Å². The molecule has 3 heteroatoms. The lowest BCUT2D eigenvalue weighted by Gasteiger charge is -2.26. The zero-order chi connectivity index (χ0) is 14.1. The van der Waals surface area contributed by atoms with Crippen LogP contribution in [0.1, 0.15) is 16.7 Å². The number of hydrogen-bond acceptors (Lipinski definition) is 3. The van der Waals surface area contributed by atoms with Crippen LogP contribution < -0.4 is 14.8 Å². The molecule has 2 aliphatic heterocycles. The average Bonchev–Trinajstić information content (AvgIpc) is 3.00. The van der Waals surface area contributed by atoms with Crippen molar-refractivity contribution in [2.75, 3.05) is 13.2 Å². The summed E-state index contributed by atoms with van der Waals surface area (Å²) in [5.74, 6) is 2.08. The SMILES string of the molecule is c1ccc2c(c1)CC(NCc1ccc3c(c1)CCO3)CO2. The van der Waals surface area contributed by atoms with E-state index in [9.17, 15) is 0 Å². The summed E-state index contributed by atoms with van der Waals surface area (Å²) in [6, 6.07) is 15.2. The van der Waals surface area contributed by atoms with Gasteiger partial charge in [0.1, 0.15) is 18.1 Å². The summed E-state index contributed by atoms with van der Waals surface area (Å²) < 4.78 is 11.4. The van der Waals surface area contributed by atoms with E-state index in [1.165, 1.54) is 16.7 Å². The predicted octanol–water partition coefficient (Wildman–Crippen LogP) is 2.71. The van der Waals surface area contributed by atoms with Gasteiger partial charge in [-0.2, -0.15) is 0 Å². The molecule has 2 heterocycles. The molecule has 1 N–H and O–H groups in total. The van der Waals surface area contributed by atoms with Gasteiger partial charge in [-0.15, -0.1) is 0 Å². The molecule has 4 rings (SSSR count). The van der Waals surface area contributed by atoms with Crippen LogP contribution in [0.2, 0.25) is 0 Å². The summed E-state index contributed by atoms with van der Waals surface area (Å²) in [6.07, 6.45) is 2.06. The minimum atomic E-state index is 0.379. The van der Waals surface area contributed by atoms with Gasteiger partial charge in [-0.3, -0.25) is 0 Å². The maximum Gasteiger partial charge on any atom is 0.122 e. The predicted molar refractivity (Wildman–Crippen MR) is 81.9 cm³/mol. The Kier molecular flexibility index (Phi) is 3.28. The van der Waals surface area contributed by atoms with Crippen LogP contribution in [-0.4, -0.2) is 19.3 Å². The lowest BCUT2D eigenvalue weighted by Crippen LogP contribution is -2.38. The van der Waals surface area contributed by atoms with Gasteiger partial charge >= 0.3 is 0 Å². The van der Waals surface area contributed by atoms with Gasteiger partial charge in [-0.05, 0) is 35.2 Å². The van der Waals surface area contributed by atoms with Crippen molar-refractivity contribution in [2.24, 2.45) is 0 Å². The second kappa shape index (κ2) is 5.41.